The Labute approximate surface area is 192 Å². The standard InChI is InChI=1S/C26H36Cl2N2/c1-4-5-16-25(27)23(29-18-21-12-8-6-9-13-21)17-24(2,3)20-26(25,28)30-19-22-14-10-7-11-15-22/h6-15,23,29-30H,4-5,16-20H2,1-3H3. The highest BCUT2D eigenvalue weighted by molar-refractivity contribution is 6.35. The van der Waals surface area contributed by atoms with E-state index in [2.05, 4.69) is 86.0 Å². The van der Waals surface area contributed by atoms with Gasteiger partial charge in [-0.05, 0) is 35.8 Å². The van der Waals surface area contributed by atoms with Crippen LogP contribution in [0.15, 0.2) is 60.7 Å². The fourth-order valence-corrected chi connectivity index (χ4v) is 5.87. The van der Waals surface area contributed by atoms with Crippen molar-refractivity contribution in [2.75, 3.05) is 0 Å². The van der Waals surface area contributed by atoms with Crippen molar-refractivity contribution in [2.24, 2.45) is 5.41 Å². The molecule has 3 unspecified atom stereocenters. The lowest BCUT2D eigenvalue weighted by Crippen LogP contribution is -2.69. The molecular weight excluding hydrogens is 411 g/mol. The van der Waals surface area contributed by atoms with Crippen molar-refractivity contribution in [3.8, 4) is 0 Å². The molecule has 2 aromatic rings. The molecule has 0 spiro atoms. The fourth-order valence-electron chi connectivity index (χ4n) is 4.79. The molecule has 0 saturated heterocycles. The molecule has 30 heavy (non-hydrogen) atoms. The van der Waals surface area contributed by atoms with E-state index >= 15 is 0 Å². The summed E-state index contributed by atoms with van der Waals surface area (Å²) >= 11 is 15.0. The van der Waals surface area contributed by atoms with E-state index in [1.165, 1.54) is 11.1 Å². The van der Waals surface area contributed by atoms with Crippen molar-refractivity contribution < 1.29 is 0 Å². The Hall–Kier alpha value is -1.06. The lowest BCUT2D eigenvalue weighted by atomic mass is 9.65. The average molecular weight is 447 g/mol. The molecule has 3 rings (SSSR count). The van der Waals surface area contributed by atoms with Crippen LogP contribution in [0.1, 0.15) is 64.0 Å². The summed E-state index contributed by atoms with van der Waals surface area (Å²) in [6.45, 7) is 8.34. The van der Waals surface area contributed by atoms with Crippen LogP contribution in [-0.4, -0.2) is 15.9 Å². The molecule has 0 radical (unpaired) electrons. The Balaban J connectivity index is 1.85. The molecule has 1 aliphatic rings. The van der Waals surface area contributed by atoms with Gasteiger partial charge in [-0.3, -0.25) is 5.32 Å². The van der Waals surface area contributed by atoms with Crippen LogP contribution in [0.2, 0.25) is 0 Å². The summed E-state index contributed by atoms with van der Waals surface area (Å²) in [6, 6.07) is 21.1. The van der Waals surface area contributed by atoms with Crippen molar-refractivity contribution in [3.63, 3.8) is 0 Å². The van der Waals surface area contributed by atoms with Gasteiger partial charge in [0.25, 0.3) is 0 Å². The van der Waals surface area contributed by atoms with Crippen molar-refractivity contribution in [1.82, 2.24) is 10.6 Å². The molecule has 3 atom stereocenters. The first kappa shape index (κ1) is 23.6. The highest BCUT2D eigenvalue weighted by Crippen LogP contribution is 2.54. The van der Waals surface area contributed by atoms with Gasteiger partial charge in [0.2, 0.25) is 0 Å². The number of benzene rings is 2. The molecular formula is C26H36Cl2N2. The minimum Gasteiger partial charge on any atom is -0.308 e. The van der Waals surface area contributed by atoms with Crippen molar-refractivity contribution in [3.05, 3.63) is 71.8 Å². The van der Waals surface area contributed by atoms with E-state index in [0.29, 0.717) is 6.54 Å². The number of hydrogen-bond donors (Lipinski definition) is 2. The minimum absolute atomic E-state index is 0.0877. The maximum atomic E-state index is 7.53. The molecule has 164 valence electrons. The summed E-state index contributed by atoms with van der Waals surface area (Å²) in [5.41, 5.74) is 2.58. The van der Waals surface area contributed by atoms with E-state index in [4.69, 9.17) is 23.2 Å². The summed E-state index contributed by atoms with van der Waals surface area (Å²) in [7, 11) is 0. The second kappa shape index (κ2) is 10.0. The molecule has 0 bridgehead atoms. The second-order valence-electron chi connectivity index (χ2n) is 9.57. The van der Waals surface area contributed by atoms with E-state index in [0.717, 1.165) is 38.6 Å². The van der Waals surface area contributed by atoms with Crippen LogP contribution in [-0.2, 0) is 13.1 Å². The monoisotopic (exact) mass is 446 g/mol. The van der Waals surface area contributed by atoms with Gasteiger partial charge in [-0.25, -0.2) is 0 Å². The van der Waals surface area contributed by atoms with Crippen LogP contribution in [0, 0.1) is 5.41 Å². The molecule has 2 N–H and O–H groups in total. The van der Waals surface area contributed by atoms with Crippen LogP contribution in [0.3, 0.4) is 0 Å². The third-order valence-electron chi connectivity index (χ3n) is 6.40. The molecule has 4 heteroatoms. The molecule has 2 nitrogen and oxygen atoms in total. The molecule has 2 aromatic carbocycles. The first-order chi connectivity index (χ1) is 14.3. The first-order valence-corrected chi connectivity index (χ1v) is 12.0. The van der Waals surface area contributed by atoms with Crippen molar-refractivity contribution >= 4 is 23.2 Å². The van der Waals surface area contributed by atoms with Gasteiger partial charge in [-0.15, -0.1) is 23.2 Å². The van der Waals surface area contributed by atoms with Crippen LogP contribution in [0.4, 0.5) is 0 Å². The number of unbranched alkanes of at least 4 members (excludes halogenated alkanes) is 1. The van der Waals surface area contributed by atoms with E-state index in [1.807, 2.05) is 6.07 Å². The van der Waals surface area contributed by atoms with E-state index < -0.39 is 9.87 Å². The number of alkyl halides is 2. The Bertz CT molecular complexity index is 780. The summed E-state index contributed by atoms with van der Waals surface area (Å²) in [6.07, 6.45) is 4.91. The Morgan fingerprint density at radius 2 is 1.47 bits per heavy atom. The summed E-state index contributed by atoms with van der Waals surface area (Å²) in [4.78, 5) is -1.25. The van der Waals surface area contributed by atoms with Crippen LogP contribution in [0.25, 0.3) is 0 Å². The summed E-state index contributed by atoms with van der Waals surface area (Å²) < 4.78 is 0. The van der Waals surface area contributed by atoms with Crippen LogP contribution >= 0.6 is 23.2 Å². The predicted octanol–water partition coefficient (Wildman–Crippen LogP) is 6.86. The lowest BCUT2D eigenvalue weighted by molar-refractivity contribution is 0.0857. The van der Waals surface area contributed by atoms with Crippen molar-refractivity contribution in [2.45, 2.75) is 81.9 Å². The molecule has 0 heterocycles. The zero-order valence-electron chi connectivity index (χ0n) is 18.6. The highest BCUT2D eigenvalue weighted by atomic mass is 35.5. The minimum atomic E-state index is -0.685. The van der Waals surface area contributed by atoms with Gasteiger partial charge in [0.1, 0.15) is 5.00 Å². The van der Waals surface area contributed by atoms with Gasteiger partial charge < -0.3 is 5.32 Å². The van der Waals surface area contributed by atoms with Gasteiger partial charge in [0.15, 0.2) is 0 Å². The molecule has 1 fully saturated rings. The molecule has 1 aliphatic carbocycles. The maximum Gasteiger partial charge on any atom is 0.115 e. The Kier molecular flexibility index (Phi) is 7.90. The molecule has 1 saturated carbocycles. The topological polar surface area (TPSA) is 24.1 Å². The van der Waals surface area contributed by atoms with Crippen molar-refractivity contribution in [1.29, 1.82) is 0 Å². The zero-order valence-corrected chi connectivity index (χ0v) is 20.1. The van der Waals surface area contributed by atoms with Crippen LogP contribution < -0.4 is 10.6 Å². The third-order valence-corrected chi connectivity index (χ3v) is 7.87. The summed E-state index contributed by atoms with van der Waals surface area (Å²) in [5, 5.41) is 7.48. The average Bonchev–Trinajstić information content (AvgIpc) is 2.74. The zero-order chi connectivity index (χ0) is 21.7. The normalized spacial score (nSPS) is 28.4. The van der Waals surface area contributed by atoms with Gasteiger partial charge in [-0.1, -0.05) is 94.3 Å². The number of halogens is 2. The summed E-state index contributed by atoms with van der Waals surface area (Å²) in [5.74, 6) is 0. The smallest absolute Gasteiger partial charge is 0.115 e. The van der Waals surface area contributed by atoms with Gasteiger partial charge in [-0.2, -0.15) is 0 Å². The van der Waals surface area contributed by atoms with E-state index in [9.17, 15) is 0 Å². The molecule has 0 aromatic heterocycles. The second-order valence-corrected chi connectivity index (χ2v) is 10.9. The first-order valence-electron chi connectivity index (χ1n) is 11.2. The number of nitrogens with one attached hydrogen (secondary N) is 2. The lowest BCUT2D eigenvalue weighted by Gasteiger charge is -2.56. The van der Waals surface area contributed by atoms with Crippen LogP contribution in [0.5, 0.6) is 0 Å². The van der Waals surface area contributed by atoms with E-state index in [1.54, 1.807) is 0 Å². The fraction of sp³-hybridized carbons (Fsp3) is 0.538. The number of rotatable bonds is 9. The largest absolute Gasteiger partial charge is 0.308 e. The number of hydrogen-bond acceptors (Lipinski definition) is 2. The predicted molar refractivity (Wildman–Crippen MR) is 130 cm³/mol. The molecule has 0 aliphatic heterocycles. The van der Waals surface area contributed by atoms with Gasteiger partial charge in [0, 0.05) is 19.1 Å². The highest BCUT2D eigenvalue weighted by Gasteiger charge is 2.59. The molecule has 0 amide bonds. The van der Waals surface area contributed by atoms with Gasteiger partial charge >= 0.3 is 0 Å². The Morgan fingerprint density at radius 1 is 0.900 bits per heavy atom. The van der Waals surface area contributed by atoms with Gasteiger partial charge in [0.05, 0.1) is 4.87 Å². The maximum absolute atomic E-state index is 7.53. The SMILES string of the molecule is CCCCC1(Cl)C(NCc2ccccc2)CC(C)(C)CC1(Cl)NCc1ccccc1. The van der Waals surface area contributed by atoms with E-state index in [-0.39, 0.29) is 11.5 Å². The quantitative estimate of drug-likeness (QED) is 0.324. The third kappa shape index (κ3) is 5.59. The Morgan fingerprint density at radius 3 is 2.03 bits per heavy atom.